The highest BCUT2D eigenvalue weighted by Gasteiger charge is 2.12. The van der Waals surface area contributed by atoms with Gasteiger partial charge in [-0.1, -0.05) is 23.2 Å². The van der Waals surface area contributed by atoms with E-state index in [9.17, 15) is 14.4 Å². The molecular weight excluding hydrogens is 435 g/mol. The second kappa shape index (κ2) is 9.64. The Bertz CT molecular complexity index is 1140. The summed E-state index contributed by atoms with van der Waals surface area (Å²) in [6, 6.07) is 8.07. The van der Waals surface area contributed by atoms with Crippen molar-refractivity contribution >= 4 is 46.5 Å². The molecule has 0 atom stereocenters. The SMILES string of the molecule is CC(=O)OCC(=O)Nc1ccc2ncn(CCCOc3cc(Cl)ccc3Cl)c(=O)n12. The fourth-order valence-electron chi connectivity index (χ4n) is 2.64. The molecule has 11 heteroatoms. The minimum Gasteiger partial charge on any atom is -0.492 e. The smallest absolute Gasteiger partial charge is 0.336 e. The third-order valence-electron chi connectivity index (χ3n) is 3.99. The summed E-state index contributed by atoms with van der Waals surface area (Å²) in [4.78, 5) is 39.7. The van der Waals surface area contributed by atoms with Crippen LogP contribution in [0.4, 0.5) is 5.82 Å². The van der Waals surface area contributed by atoms with Crippen molar-refractivity contribution in [2.75, 3.05) is 18.5 Å². The lowest BCUT2D eigenvalue weighted by atomic mass is 10.3. The average molecular weight is 453 g/mol. The van der Waals surface area contributed by atoms with Crippen LogP contribution in [-0.4, -0.2) is 39.0 Å². The molecule has 158 valence electrons. The first-order valence-corrected chi connectivity index (χ1v) is 9.68. The van der Waals surface area contributed by atoms with Crippen LogP contribution < -0.4 is 15.7 Å². The molecule has 0 aliphatic carbocycles. The van der Waals surface area contributed by atoms with Gasteiger partial charge in [-0.15, -0.1) is 0 Å². The molecule has 1 N–H and O–H groups in total. The largest absolute Gasteiger partial charge is 0.492 e. The number of halogens is 2. The number of ether oxygens (including phenoxy) is 2. The Hall–Kier alpha value is -3.04. The molecule has 0 unspecified atom stereocenters. The van der Waals surface area contributed by atoms with Gasteiger partial charge >= 0.3 is 11.7 Å². The van der Waals surface area contributed by atoms with Crippen LogP contribution in [0.15, 0.2) is 41.5 Å². The molecule has 9 nitrogen and oxygen atoms in total. The van der Waals surface area contributed by atoms with Crippen molar-refractivity contribution in [1.29, 1.82) is 0 Å². The van der Waals surface area contributed by atoms with Gasteiger partial charge in [-0.25, -0.2) is 14.2 Å². The number of benzene rings is 1. The van der Waals surface area contributed by atoms with Crippen LogP contribution in [0, 0.1) is 0 Å². The Labute approximate surface area is 181 Å². The van der Waals surface area contributed by atoms with Crippen LogP contribution in [0.5, 0.6) is 5.75 Å². The van der Waals surface area contributed by atoms with Crippen molar-refractivity contribution < 1.29 is 19.1 Å². The van der Waals surface area contributed by atoms with E-state index in [1.807, 2.05) is 0 Å². The van der Waals surface area contributed by atoms with Gasteiger partial charge in [-0.3, -0.25) is 14.2 Å². The van der Waals surface area contributed by atoms with Crippen LogP contribution in [0.2, 0.25) is 10.0 Å². The predicted octanol–water partition coefficient (Wildman–Crippen LogP) is 2.77. The van der Waals surface area contributed by atoms with E-state index in [0.717, 1.165) is 0 Å². The van der Waals surface area contributed by atoms with E-state index >= 15 is 0 Å². The van der Waals surface area contributed by atoms with Gasteiger partial charge in [0, 0.05) is 24.6 Å². The molecule has 0 spiro atoms. The van der Waals surface area contributed by atoms with Crippen molar-refractivity contribution in [2.24, 2.45) is 0 Å². The highest BCUT2D eigenvalue weighted by atomic mass is 35.5. The molecular formula is C19H18Cl2N4O5. The maximum absolute atomic E-state index is 12.8. The van der Waals surface area contributed by atoms with Crippen LogP contribution in [0.25, 0.3) is 5.65 Å². The lowest BCUT2D eigenvalue weighted by Gasteiger charge is -2.10. The van der Waals surface area contributed by atoms with Gasteiger partial charge in [-0.2, -0.15) is 0 Å². The van der Waals surface area contributed by atoms with Gasteiger partial charge < -0.3 is 14.8 Å². The number of carbonyl (C=O) groups excluding carboxylic acids is 2. The van der Waals surface area contributed by atoms with E-state index in [1.165, 1.54) is 22.2 Å². The van der Waals surface area contributed by atoms with Crippen molar-refractivity contribution in [1.82, 2.24) is 14.0 Å². The zero-order valence-corrected chi connectivity index (χ0v) is 17.4. The molecule has 1 aromatic carbocycles. The first-order chi connectivity index (χ1) is 14.3. The van der Waals surface area contributed by atoms with E-state index in [0.29, 0.717) is 41.0 Å². The topological polar surface area (TPSA) is 104 Å². The number of hydrogen-bond acceptors (Lipinski definition) is 6. The molecule has 3 rings (SSSR count). The first kappa shape index (κ1) is 21.7. The summed E-state index contributed by atoms with van der Waals surface area (Å²) < 4.78 is 12.9. The number of rotatable bonds is 8. The molecule has 1 amide bonds. The number of amides is 1. The second-order valence-corrected chi connectivity index (χ2v) is 7.08. The Morgan fingerprint density at radius 3 is 2.77 bits per heavy atom. The van der Waals surface area contributed by atoms with E-state index < -0.39 is 18.5 Å². The first-order valence-electron chi connectivity index (χ1n) is 8.93. The molecule has 0 aliphatic heterocycles. The lowest BCUT2D eigenvalue weighted by molar-refractivity contribution is -0.144. The van der Waals surface area contributed by atoms with E-state index in [1.54, 1.807) is 30.3 Å². The van der Waals surface area contributed by atoms with Crippen LogP contribution >= 0.6 is 23.2 Å². The molecule has 0 bridgehead atoms. The summed E-state index contributed by atoms with van der Waals surface area (Å²) >= 11 is 12.0. The van der Waals surface area contributed by atoms with Crippen LogP contribution in [-0.2, 0) is 20.9 Å². The van der Waals surface area contributed by atoms with Crippen molar-refractivity contribution in [3.05, 3.63) is 57.2 Å². The molecule has 0 aliphatic rings. The summed E-state index contributed by atoms with van der Waals surface area (Å²) in [5, 5.41) is 3.49. The minimum atomic E-state index is -0.574. The number of carbonyl (C=O) groups is 2. The fourth-order valence-corrected chi connectivity index (χ4v) is 2.97. The highest BCUT2D eigenvalue weighted by molar-refractivity contribution is 6.34. The second-order valence-electron chi connectivity index (χ2n) is 6.24. The van der Waals surface area contributed by atoms with Gasteiger partial charge in [0.1, 0.15) is 23.5 Å². The summed E-state index contributed by atoms with van der Waals surface area (Å²) in [5.74, 6) is -0.438. The fraction of sp³-hybridized carbons (Fsp3) is 0.263. The number of nitrogens with one attached hydrogen (secondary N) is 1. The zero-order chi connectivity index (χ0) is 21.7. The maximum Gasteiger partial charge on any atom is 0.336 e. The van der Waals surface area contributed by atoms with E-state index in [-0.39, 0.29) is 11.5 Å². The normalized spacial score (nSPS) is 10.8. The lowest BCUT2D eigenvalue weighted by Crippen LogP contribution is -2.29. The Balaban J connectivity index is 1.66. The highest BCUT2D eigenvalue weighted by Crippen LogP contribution is 2.27. The van der Waals surface area contributed by atoms with Gasteiger partial charge in [-0.05, 0) is 30.7 Å². The standard InChI is InChI=1S/C19H18Cl2N4O5/c1-12(26)30-10-18(27)23-17-6-5-16-22-11-24(19(28)25(16)17)7-2-8-29-15-9-13(20)3-4-14(15)21/h3-6,9,11H,2,7-8,10H2,1H3,(H,23,27). The third-order valence-corrected chi connectivity index (χ3v) is 4.54. The number of esters is 1. The quantitative estimate of drug-likeness (QED) is 0.416. The molecule has 30 heavy (non-hydrogen) atoms. The van der Waals surface area contributed by atoms with Gasteiger partial charge in [0.25, 0.3) is 5.91 Å². The Morgan fingerprint density at radius 2 is 2.00 bits per heavy atom. The summed E-state index contributed by atoms with van der Waals surface area (Å²) in [7, 11) is 0. The molecule has 0 saturated heterocycles. The number of hydrogen-bond donors (Lipinski definition) is 1. The van der Waals surface area contributed by atoms with E-state index in [4.69, 9.17) is 27.9 Å². The number of fused-ring (bicyclic) bond motifs is 1. The monoisotopic (exact) mass is 452 g/mol. The van der Waals surface area contributed by atoms with Gasteiger partial charge in [0.05, 0.1) is 11.6 Å². The summed E-state index contributed by atoms with van der Waals surface area (Å²) in [6.45, 7) is 1.40. The molecule has 2 aromatic heterocycles. The molecule has 0 radical (unpaired) electrons. The number of anilines is 1. The van der Waals surface area contributed by atoms with Gasteiger partial charge in [0.2, 0.25) is 0 Å². The van der Waals surface area contributed by atoms with Crippen molar-refractivity contribution in [3.8, 4) is 5.75 Å². The zero-order valence-electron chi connectivity index (χ0n) is 15.9. The average Bonchev–Trinajstić information content (AvgIpc) is 3.11. The number of aromatic nitrogens is 3. The Kier molecular flexibility index (Phi) is 6.96. The number of aryl methyl sites for hydroxylation is 1. The molecule has 0 saturated carbocycles. The minimum absolute atomic E-state index is 0.232. The third kappa shape index (κ3) is 5.31. The van der Waals surface area contributed by atoms with E-state index in [2.05, 4.69) is 15.0 Å². The van der Waals surface area contributed by atoms with Crippen molar-refractivity contribution in [2.45, 2.75) is 19.9 Å². The molecule has 3 aromatic rings. The predicted molar refractivity (Wildman–Crippen MR) is 111 cm³/mol. The van der Waals surface area contributed by atoms with Crippen LogP contribution in [0.3, 0.4) is 0 Å². The van der Waals surface area contributed by atoms with Gasteiger partial charge in [0.15, 0.2) is 6.61 Å². The molecule has 0 fully saturated rings. The maximum atomic E-state index is 12.8. The van der Waals surface area contributed by atoms with Crippen molar-refractivity contribution in [3.63, 3.8) is 0 Å². The Morgan fingerprint density at radius 1 is 1.20 bits per heavy atom. The summed E-state index contributed by atoms with van der Waals surface area (Å²) in [6.07, 6.45) is 1.93. The molecule has 2 heterocycles. The summed E-state index contributed by atoms with van der Waals surface area (Å²) in [5.41, 5.74) is -0.00503. The van der Waals surface area contributed by atoms with Crippen LogP contribution in [0.1, 0.15) is 13.3 Å². The number of nitrogens with zero attached hydrogens (tertiary/aromatic N) is 3.